The summed E-state index contributed by atoms with van der Waals surface area (Å²) < 4.78 is 24.2. The van der Waals surface area contributed by atoms with Crippen molar-refractivity contribution in [3.8, 4) is 0 Å². The van der Waals surface area contributed by atoms with Crippen molar-refractivity contribution in [2.24, 2.45) is 0 Å². The molecule has 1 aromatic rings. The van der Waals surface area contributed by atoms with Crippen LogP contribution in [0, 0.1) is 0 Å². The standard InChI is InChI=1S/C15H20BrNO3S/c1-2-3-8-17(14-7-9-21(19,20)11-14)15(18)12-5-4-6-13(16)10-12/h4-6,10,14H,2-3,7-9,11H2,1H3/t14-/m1/s1. The molecule has 0 bridgehead atoms. The highest BCUT2D eigenvalue weighted by molar-refractivity contribution is 9.10. The quantitative estimate of drug-likeness (QED) is 0.797. The Morgan fingerprint density at radius 1 is 1.43 bits per heavy atom. The Morgan fingerprint density at radius 3 is 2.76 bits per heavy atom. The molecule has 1 aliphatic rings. The van der Waals surface area contributed by atoms with Crippen LogP contribution in [-0.2, 0) is 9.84 Å². The van der Waals surface area contributed by atoms with E-state index >= 15 is 0 Å². The molecule has 116 valence electrons. The van der Waals surface area contributed by atoms with Crippen LogP contribution in [0.25, 0.3) is 0 Å². The van der Waals surface area contributed by atoms with Crippen molar-refractivity contribution in [3.63, 3.8) is 0 Å². The minimum absolute atomic E-state index is 0.0770. The van der Waals surface area contributed by atoms with E-state index in [0.29, 0.717) is 18.5 Å². The summed E-state index contributed by atoms with van der Waals surface area (Å²) in [4.78, 5) is 14.5. The van der Waals surface area contributed by atoms with E-state index in [0.717, 1.165) is 17.3 Å². The van der Waals surface area contributed by atoms with Crippen molar-refractivity contribution in [1.82, 2.24) is 4.90 Å². The van der Waals surface area contributed by atoms with Crippen LogP contribution in [0.4, 0.5) is 0 Å². The Hall–Kier alpha value is -0.880. The molecule has 1 amide bonds. The summed E-state index contributed by atoms with van der Waals surface area (Å²) >= 11 is 3.37. The molecule has 0 aromatic heterocycles. The summed E-state index contributed by atoms with van der Waals surface area (Å²) in [6, 6.07) is 7.06. The molecule has 2 rings (SSSR count). The molecule has 1 aliphatic heterocycles. The van der Waals surface area contributed by atoms with Gasteiger partial charge in [-0.05, 0) is 31.0 Å². The number of unbranched alkanes of at least 4 members (excludes halogenated alkanes) is 1. The van der Waals surface area contributed by atoms with Gasteiger partial charge < -0.3 is 4.90 Å². The lowest BCUT2D eigenvalue weighted by Crippen LogP contribution is -2.41. The van der Waals surface area contributed by atoms with Gasteiger partial charge in [-0.25, -0.2) is 8.42 Å². The first-order valence-electron chi connectivity index (χ1n) is 7.20. The van der Waals surface area contributed by atoms with Crippen molar-refractivity contribution in [1.29, 1.82) is 0 Å². The Balaban J connectivity index is 2.21. The topological polar surface area (TPSA) is 54.5 Å². The average molecular weight is 374 g/mol. The molecule has 1 saturated heterocycles. The normalized spacial score (nSPS) is 20.4. The third-order valence-corrected chi connectivity index (χ3v) is 5.98. The van der Waals surface area contributed by atoms with E-state index < -0.39 is 9.84 Å². The molecule has 0 saturated carbocycles. The highest BCUT2D eigenvalue weighted by atomic mass is 79.9. The average Bonchev–Trinajstić information content (AvgIpc) is 2.79. The maximum atomic E-state index is 12.7. The number of nitrogens with zero attached hydrogens (tertiary/aromatic N) is 1. The minimum atomic E-state index is -2.99. The van der Waals surface area contributed by atoms with Gasteiger partial charge in [0.1, 0.15) is 0 Å². The van der Waals surface area contributed by atoms with E-state index in [-0.39, 0.29) is 23.5 Å². The Bertz CT molecular complexity index is 615. The number of halogens is 1. The lowest BCUT2D eigenvalue weighted by molar-refractivity contribution is 0.0694. The van der Waals surface area contributed by atoms with E-state index in [1.807, 2.05) is 12.1 Å². The van der Waals surface area contributed by atoms with Crippen LogP contribution >= 0.6 is 15.9 Å². The monoisotopic (exact) mass is 373 g/mol. The molecule has 1 atom stereocenters. The van der Waals surface area contributed by atoms with E-state index in [2.05, 4.69) is 22.9 Å². The number of carbonyl (C=O) groups is 1. The Labute approximate surface area is 134 Å². The Morgan fingerprint density at radius 2 is 2.19 bits per heavy atom. The van der Waals surface area contributed by atoms with Crippen molar-refractivity contribution in [2.75, 3.05) is 18.1 Å². The molecule has 4 nitrogen and oxygen atoms in total. The second kappa shape index (κ2) is 6.92. The summed E-state index contributed by atoms with van der Waals surface area (Å²) in [6.07, 6.45) is 2.41. The van der Waals surface area contributed by atoms with E-state index in [9.17, 15) is 13.2 Å². The smallest absolute Gasteiger partial charge is 0.254 e. The molecule has 0 unspecified atom stereocenters. The zero-order valence-corrected chi connectivity index (χ0v) is 14.5. The fourth-order valence-electron chi connectivity index (χ4n) is 2.59. The van der Waals surface area contributed by atoms with Crippen LogP contribution in [0.1, 0.15) is 36.5 Å². The van der Waals surface area contributed by atoms with Gasteiger partial charge in [-0.15, -0.1) is 0 Å². The van der Waals surface area contributed by atoms with Crippen LogP contribution in [0.2, 0.25) is 0 Å². The summed E-state index contributed by atoms with van der Waals surface area (Å²) in [6.45, 7) is 2.68. The zero-order valence-electron chi connectivity index (χ0n) is 12.1. The third-order valence-electron chi connectivity index (χ3n) is 3.73. The number of carbonyl (C=O) groups excluding carboxylic acids is 1. The van der Waals surface area contributed by atoms with Gasteiger partial charge in [0, 0.05) is 22.6 Å². The molecule has 1 fully saturated rings. The highest BCUT2D eigenvalue weighted by Gasteiger charge is 2.34. The molecule has 1 heterocycles. The predicted octanol–water partition coefficient (Wildman–Crippen LogP) is 2.88. The number of hydrogen-bond acceptors (Lipinski definition) is 3. The lowest BCUT2D eigenvalue weighted by atomic mass is 10.1. The van der Waals surface area contributed by atoms with Crippen LogP contribution in [0.3, 0.4) is 0 Å². The second-order valence-electron chi connectivity index (χ2n) is 5.42. The minimum Gasteiger partial charge on any atom is -0.335 e. The molecule has 6 heteroatoms. The summed E-state index contributed by atoms with van der Waals surface area (Å²) in [5, 5.41) is 0. The third kappa shape index (κ3) is 4.30. The molecule has 21 heavy (non-hydrogen) atoms. The first-order chi connectivity index (χ1) is 9.93. The van der Waals surface area contributed by atoms with Gasteiger partial charge in [0.15, 0.2) is 9.84 Å². The molecule has 0 N–H and O–H groups in total. The van der Waals surface area contributed by atoms with E-state index in [1.165, 1.54) is 0 Å². The van der Waals surface area contributed by atoms with Crippen molar-refractivity contribution >= 4 is 31.7 Å². The van der Waals surface area contributed by atoms with Gasteiger partial charge in [-0.2, -0.15) is 0 Å². The first kappa shape index (κ1) is 16.5. The molecule has 1 aromatic carbocycles. The maximum Gasteiger partial charge on any atom is 0.254 e. The number of benzene rings is 1. The van der Waals surface area contributed by atoms with E-state index in [1.54, 1.807) is 17.0 Å². The molecular formula is C15H20BrNO3S. The highest BCUT2D eigenvalue weighted by Crippen LogP contribution is 2.22. The molecule has 0 aliphatic carbocycles. The molecular weight excluding hydrogens is 354 g/mol. The van der Waals surface area contributed by atoms with Crippen molar-refractivity contribution < 1.29 is 13.2 Å². The van der Waals surface area contributed by atoms with Gasteiger partial charge in [0.2, 0.25) is 0 Å². The van der Waals surface area contributed by atoms with Crippen LogP contribution in [0.15, 0.2) is 28.7 Å². The fourth-order valence-corrected chi connectivity index (χ4v) is 4.72. The van der Waals surface area contributed by atoms with Crippen LogP contribution in [-0.4, -0.2) is 43.3 Å². The largest absolute Gasteiger partial charge is 0.335 e. The van der Waals surface area contributed by atoms with E-state index in [4.69, 9.17) is 0 Å². The summed E-state index contributed by atoms with van der Waals surface area (Å²) in [5.74, 6) is 0.203. The van der Waals surface area contributed by atoms with Gasteiger partial charge in [-0.3, -0.25) is 4.79 Å². The molecule has 0 radical (unpaired) electrons. The van der Waals surface area contributed by atoms with Crippen molar-refractivity contribution in [2.45, 2.75) is 32.2 Å². The number of rotatable bonds is 5. The number of sulfone groups is 1. The van der Waals surface area contributed by atoms with Gasteiger partial charge in [0.25, 0.3) is 5.91 Å². The second-order valence-corrected chi connectivity index (χ2v) is 8.56. The zero-order chi connectivity index (χ0) is 15.5. The number of hydrogen-bond donors (Lipinski definition) is 0. The van der Waals surface area contributed by atoms with Crippen LogP contribution < -0.4 is 0 Å². The summed E-state index contributed by atoms with van der Waals surface area (Å²) in [5.41, 5.74) is 0.602. The SMILES string of the molecule is CCCCN(C(=O)c1cccc(Br)c1)[C@@H]1CCS(=O)(=O)C1. The Kier molecular flexibility index (Phi) is 5.43. The maximum absolute atomic E-state index is 12.7. The van der Waals surface area contributed by atoms with Gasteiger partial charge in [0.05, 0.1) is 11.5 Å². The summed E-state index contributed by atoms with van der Waals surface area (Å²) in [7, 11) is -2.99. The fraction of sp³-hybridized carbons (Fsp3) is 0.533. The predicted molar refractivity (Wildman–Crippen MR) is 87.1 cm³/mol. The van der Waals surface area contributed by atoms with Crippen LogP contribution in [0.5, 0.6) is 0 Å². The lowest BCUT2D eigenvalue weighted by Gasteiger charge is -2.28. The van der Waals surface area contributed by atoms with Crippen molar-refractivity contribution in [3.05, 3.63) is 34.3 Å². The number of amides is 1. The van der Waals surface area contributed by atoms with Gasteiger partial charge >= 0.3 is 0 Å². The first-order valence-corrected chi connectivity index (χ1v) is 9.81. The molecule has 0 spiro atoms. The van der Waals surface area contributed by atoms with Gasteiger partial charge in [-0.1, -0.05) is 35.3 Å².